The second-order valence-corrected chi connectivity index (χ2v) is 7.18. The van der Waals surface area contributed by atoms with Crippen molar-refractivity contribution in [2.24, 2.45) is 5.92 Å². The highest BCUT2D eigenvalue weighted by atomic mass is 16.4. The van der Waals surface area contributed by atoms with Crippen LogP contribution in [0.5, 0.6) is 0 Å². The number of carboxylic acid groups (broad SMARTS) is 1. The minimum Gasteiger partial charge on any atom is -0.481 e. The molecule has 0 bridgehead atoms. The van der Waals surface area contributed by atoms with Crippen molar-refractivity contribution in [2.45, 2.75) is 63.3 Å². The van der Waals surface area contributed by atoms with E-state index in [9.17, 15) is 9.59 Å². The molecule has 0 spiro atoms. The number of benzene rings is 1. The Morgan fingerprint density at radius 1 is 1.22 bits per heavy atom. The fourth-order valence-electron chi connectivity index (χ4n) is 4.23. The van der Waals surface area contributed by atoms with E-state index in [0.717, 1.165) is 37.7 Å². The molecular formula is C19H25NO3. The van der Waals surface area contributed by atoms with Gasteiger partial charge in [-0.2, -0.15) is 0 Å². The van der Waals surface area contributed by atoms with Crippen molar-refractivity contribution in [2.75, 3.05) is 0 Å². The van der Waals surface area contributed by atoms with E-state index in [4.69, 9.17) is 5.11 Å². The number of aryl methyl sites for hydroxylation is 1. The van der Waals surface area contributed by atoms with E-state index in [1.54, 1.807) is 0 Å². The molecule has 0 unspecified atom stereocenters. The van der Waals surface area contributed by atoms with Crippen LogP contribution in [0.2, 0.25) is 0 Å². The van der Waals surface area contributed by atoms with Crippen molar-refractivity contribution in [1.29, 1.82) is 0 Å². The van der Waals surface area contributed by atoms with Crippen LogP contribution < -0.4 is 5.32 Å². The molecule has 1 aromatic carbocycles. The van der Waals surface area contributed by atoms with Crippen molar-refractivity contribution in [3.63, 3.8) is 0 Å². The predicted molar refractivity (Wildman–Crippen MR) is 88.2 cm³/mol. The molecule has 0 heterocycles. The van der Waals surface area contributed by atoms with Gasteiger partial charge in [0.15, 0.2) is 0 Å². The number of carbonyl (C=O) groups excluding carboxylic acids is 1. The Labute approximate surface area is 137 Å². The average molecular weight is 315 g/mol. The van der Waals surface area contributed by atoms with E-state index >= 15 is 0 Å². The van der Waals surface area contributed by atoms with Crippen molar-refractivity contribution < 1.29 is 14.7 Å². The van der Waals surface area contributed by atoms with E-state index in [1.165, 1.54) is 5.56 Å². The lowest BCUT2D eigenvalue weighted by atomic mass is 9.77. The number of rotatable bonds is 4. The highest BCUT2D eigenvalue weighted by Crippen LogP contribution is 2.42. The zero-order valence-electron chi connectivity index (χ0n) is 13.7. The maximum Gasteiger partial charge on any atom is 0.306 e. The minimum atomic E-state index is -0.740. The molecule has 23 heavy (non-hydrogen) atoms. The van der Waals surface area contributed by atoms with Gasteiger partial charge in [-0.25, -0.2) is 0 Å². The molecule has 2 saturated carbocycles. The lowest BCUT2D eigenvalue weighted by Crippen LogP contribution is -2.46. The summed E-state index contributed by atoms with van der Waals surface area (Å²) < 4.78 is 0. The highest BCUT2D eigenvalue weighted by Gasteiger charge is 2.44. The summed E-state index contributed by atoms with van der Waals surface area (Å²) in [4.78, 5) is 24.2. The molecule has 4 heteroatoms. The largest absolute Gasteiger partial charge is 0.481 e. The van der Waals surface area contributed by atoms with Gasteiger partial charge in [-0.1, -0.05) is 42.7 Å². The van der Waals surface area contributed by atoms with Crippen LogP contribution in [0, 0.1) is 12.8 Å². The zero-order valence-corrected chi connectivity index (χ0v) is 13.7. The SMILES string of the molecule is Cc1cccc(C2(C(=O)N[C@H]3CC[C@@H](C(=O)O)C3)CCCC2)c1. The fraction of sp³-hybridized carbons (Fsp3) is 0.579. The second-order valence-electron chi connectivity index (χ2n) is 7.18. The van der Waals surface area contributed by atoms with Crippen molar-refractivity contribution >= 4 is 11.9 Å². The van der Waals surface area contributed by atoms with E-state index < -0.39 is 11.4 Å². The Bertz CT molecular complexity index is 604. The third-order valence-electron chi connectivity index (χ3n) is 5.58. The van der Waals surface area contributed by atoms with Gasteiger partial charge in [0.25, 0.3) is 0 Å². The Hall–Kier alpha value is -1.84. The molecule has 4 nitrogen and oxygen atoms in total. The van der Waals surface area contributed by atoms with Gasteiger partial charge in [-0.05, 0) is 44.6 Å². The maximum atomic E-state index is 13.1. The van der Waals surface area contributed by atoms with Crippen LogP contribution >= 0.6 is 0 Å². The van der Waals surface area contributed by atoms with Gasteiger partial charge in [0.1, 0.15) is 0 Å². The quantitative estimate of drug-likeness (QED) is 0.897. The van der Waals surface area contributed by atoms with E-state index in [0.29, 0.717) is 12.8 Å². The van der Waals surface area contributed by atoms with Crippen molar-refractivity contribution in [3.8, 4) is 0 Å². The Balaban J connectivity index is 1.76. The number of aliphatic carboxylic acids is 1. The van der Waals surface area contributed by atoms with Gasteiger partial charge < -0.3 is 10.4 Å². The summed E-state index contributed by atoms with van der Waals surface area (Å²) in [5.74, 6) is -0.952. The number of carbonyl (C=O) groups is 2. The van der Waals surface area contributed by atoms with Crippen LogP contribution in [0.1, 0.15) is 56.1 Å². The van der Waals surface area contributed by atoms with Crippen LogP contribution in [-0.2, 0) is 15.0 Å². The van der Waals surface area contributed by atoms with Crippen LogP contribution in [-0.4, -0.2) is 23.0 Å². The topological polar surface area (TPSA) is 66.4 Å². The molecule has 2 atom stereocenters. The summed E-state index contributed by atoms with van der Waals surface area (Å²) in [7, 11) is 0. The maximum absolute atomic E-state index is 13.1. The highest BCUT2D eigenvalue weighted by molar-refractivity contribution is 5.89. The standard InChI is InChI=1S/C19H25NO3/c1-13-5-4-6-15(11-13)19(9-2-3-10-19)18(23)20-16-8-7-14(12-16)17(21)22/h4-6,11,14,16H,2-3,7-10,12H2,1H3,(H,20,23)(H,21,22)/t14-,16+/m1/s1. The Morgan fingerprint density at radius 2 is 1.96 bits per heavy atom. The summed E-state index contributed by atoms with van der Waals surface area (Å²) in [5.41, 5.74) is 1.86. The van der Waals surface area contributed by atoms with Gasteiger partial charge >= 0.3 is 5.97 Å². The van der Waals surface area contributed by atoms with Gasteiger partial charge in [0.2, 0.25) is 5.91 Å². The molecular weight excluding hydrogens is 290 g/mol. The summed E-state index contributed by atoms with van der Waals surface area (Å²) >= 11 is 0. The van der Waals surface area contributed by atoms with E-state index in [1.807, 2.05) is 6.07 Å². The molecule has 0 aromatic heterocycles. The van der Waals surface area contributed by atoms with E-state index in [-0.39, 0.29) is 17.9 Å². The first-order valence-electron chi connectivity index (χ1n) is 8.62. The summed E-state index contributed by atoms with van der Waals surface area (Å²) in [6, 6.07) is 8.27. The lowest BCUT2D eigenvalue weighted by Gasteiger charge is -2.30. The molecule has 124 valence electrons. The molecule has 0 radical (unpaired) electrons. The molecule has 0 saturated heterocycles. The van der Waals surface area contributed by atoms with Crippen LogP contribution in [0.15, 0.2) is 24.3 Å². The average Bonchev–Trinajstić information content (AvgIpc) is 3.17. The van der Waals surface area contributed by atoms with Crippen molar-refractivity contribution in [1.82, 2.24) is 5.32 Å². The number of amides is 1. The van der Waals surface area contributed by atoms with Crippen LogP contribution in [0.4, 0.5) is 0 Å². The molecule has 2 N–H and O–H groups in total. The first-order chi connectivity index (χ1) is 11.0. The molecule has 0 aliphatic heterocycles. The summed E-state index contributed by atoms with van der Waals surface area (Å²) in [6.07, 6.45) is 5.91. The first kappa shape index (κ1) is 16.0. The normalized spacial score (nSPS) is 26.1. The van der Waals surface area contributed by atoms with Crippen LogP contribution in [0.3, 0.4) is 0 Å². The Morgan fingerprint density at radius 3 is 2.57 bits per heavy atom. The van der Waals surface area contributed by atoms with Gasteiger partial charge in [0.05, 0.1) is 11.3 Å². The Kier molecular flexibility index (Phi) is 4.42. The fourth-order valence-corrected chi connectivity index (χ4v) is 4.23. The van der Waals surface area contributed by atoms with E-state index in [2.05, 4.69) is 30.4 Å². The second kappa shape index (κ2) is 6.34. The molecule has 2 aliphatic rings. The monoisotopic (exact) mass is 315 g/mol. The van der Waals surface area contributed by atoms with Gasteiger partial charge in [-0.3, -0.25) is 9.59 Å². The third-order valence-corrected chi connectivity index (χ3v) is 5.58. The molecule has 2 fully saturated rings. The molecule has 1 aromatic rings. The predicted octanol–water partition coefficient (Wildman–Crippen LogP) is 3.18. The number of hydrogen-bond donors (Lipinski definition) is 2. The molecule has 2 aliphatic carbocycles. The summed E-state index contributed by atoms with van der Waals surface area (Å²) in [6.45, 7) is 2.05. The lowest BCUT2D eigenvalue weighted by molar-refractivity contribution is -0.141. The molecule has 1 amide bonds. The first-order valence-corrected chi connectivity index (χ1v) is 8.62. The molecule has 3 rings (SSSR count). The van der Waals surface area contributed by atoms with Gasteiger partial charge in [0, 0.05) is 6.04 Å². The third kappa shape index (κ3) is 3.12. The van der Waals surface area contributed by atoms with Crippen molar-refractivity contribution in [3.05, 3.63) is 35.4 Å². The minimum absolute atomic E-state index is 0.00545. The smallest absolute Gasteiger partial charge is 0.306 e. The summed E-state index contributed by atoms with van der Waals surface area (Å²) in [5, 5.41) is 12.3. The number of nitrogens with one attached hydrogen (secondary N) is 1. The van der Waals surface area contributed by atoms with Crippen LogP contribution in [0.25, 0.3) is 0 Å². The van der Waals surface area contributed by atoms with Gasteiger partial charge in [-0.15, -0.1) is 0 Å². The number of carboxylic acids is 1. The zero-order chi connectivity index (χ0) is 16.4. The number of hydrogen-bond acceptors (Lipinski definition) is 2.